The predicted octanol–water partition coefficient (Wildman–Crippen LogP) is 3.23. The first-order valence-electron chi connectivity index (χ1n) is 7.24. The van der Waals surface area contributed by atoms with E-state index in [9.17, 15) is 4.79 Å². The molecule has 0 aliphatic carbocycles. The lowest BCUT2D eigenvalue weighted by Crippen LogP contribution is -2.48. The molecule has 0 aromatic rings. The quantitative estimate of drug-likeness (QED) is 0.735. The van der Waals surface area contributed by atoms with E-state index in [1.165, 1.54) is 0 Å². The normalized spacial score (nSPS) is 14.4. The van der Waals surface area contributed by atoms with Crippen LogP contribution in [-0.2, 0) is 4.79 Å². The largest absolute Gasteiger partial charge is 0.351 e. The van der Waals surface area contributed by atoms with Crippen molar-refractivity contribution in [1.29, 1.82) is 0 Å². The third kappa shape index (κ3) is 6.39. The van der Waals surface area contributed by atoms with E-state index in [0.717, 1.165) is 25.7 Å². The van der Waals surface area contributed by atoms with Crippen LogP contribution >= 0.6 is 0 Å². The van der Waals surface area contributed by atoms with Gasteiger partial charge in [0.2, 0.25) is 5.91 Å². The van der Waals surface area contributed by atoms with Crippen LogP contribution < -0.4 is 11.1 Å². The second-order valence-corrected chi connectivity index (χ2v) is 6.62. The molecule has 0 aliphatic rings. The Kier molecular flexibility index (Phi) is 6.90. The molecule has 0 spiro atoms. The topological polar surface area (TPSA) is 55.1 Å². The summed E-state index contributed by atoms with van der Waals surface area (Å²) in [6, 6.07) is -0.0479. The minimum atomic E-state index is -0.0479. The van der Waals surface area contributed by atoms with Crippen molar-refractivity contribution in [3.63, 3.8) is 0 Å². The molecule has 0 saturated heterocycles. The molecule has 3 nitrogen and oxygen atoms in total. The van der Waals surface area contributed by atoms with Gasteiger partial charge in [-0.1, -0.05) is 41.5 Å². The molecule has 1 atom stereocenters. The van der Waals surface area contributed by atoms with Crippen molar-refractivity contribution in [2.24, 2.45) is 11.1 Å². The van der Waals surface area contributed by atoms with Crippen LogP contribution in [0.5, 0.6) is 0 Å². The van der Waals surface area contributed by atoms with Crippen LogP contribution in [0.4, 0.5) is 0 Å². The van der Waals surface area contributed by atoms with Crippen molar-refractivity contribution in [3.05, 3.63) is 0 Å². The van der Waals surface area contributed by atoms with E-state index in [-0.39, 0.29) is 22.9 Å². The summed E-state index contributed by atoms with van der Waals surface area (Å²) in [4.78, 5) is 12.0. The molecule has 0 fully saturated rings. The number of rotatable bonds is 7. The minimum Gasteiger partial charge on any atom is -0.351 e. The maximum atomic E-state index is 12.0. The summed E-state index contributed by atoms with van der Waals surface area (Å²) in [6.07, 6.45) is 4.22. The molecular weight excluding hydrogens is 224 g/mol. The SMILES string of the molecule is CCC(CC)(CC)NC(=O)CC(N)CC(C)(C)C. The smallest absolute Gasteiger partial charge is 0.221 e. The molecule has 0 saturated carbocycles. The van der Waals surface area contributed by atoms with Gasteiger partial charge in [-0.05, 0) is 31.1 Å². The maximum absolute atomic E-state index is 12.0. The molecule has 0 aromatic heterocycles. The lowest BCUT2D eigenvalue weighted by Gasteiger charge is -2.32. The fraction of sp³-hybridized carbons (Fsp3) is 0.933. The molecular formula is C15H32N2O. The third-order valence-corrected chi connectivity index (χ3v) is 3.76. The van der Waals surface area contributed by atoms with Crippen molar-refractivity contribution < 1.29 is 4.79 Å². The van der Waals surface area contributed by atoms with Crippen LogP contribution in [0.2, 0.25) is 0 Å². The van der Waals surface area contributed by atoms with Gasteiger partial charge in [-0.25, -0.2) is 0 Å². The monoisotopic (exact) mass is 256 g/mol. The molecule has 0 aliphatic heterocycles. The first kappa shape index (κ1) is 17.4. The van der Waals surface area contributed by atoms with Gasteiger partial charge in [0.05, 0.1) is 0 Å². The van der Waals surface area contributed by atoms with E-state index in [1.54, 1.807) is 0 Å². The van der Waals surface area contributed by atoms with Crippen molar-refractivity contribution in [2.45, 2.75) is 85.2 Å². The van der Waals surface area contributed by atoms with Crippen molar-refractivity contribution in [2.75, 3.05) is 0 Å². The predicted molar refractivity (Wildman–Crippen MR) is 78.4 cm³/mol. The lowest BCUT2D eigenvalue weighted by molar-refractivity contribution is -0.123. The van der Waals surface area contributed by atoms with Crippen LogP contribution in [0, 0.1) is 5.41 Å². The molecule has 0 heterocycles. The number of hydrogen-bond acceptors (Lipinski definition) is 2. The fourth-order valence-electron chi connectivity index (χ4n) is 2.46. The average Bonchev–Trinajstić information content (AvgIpc) is 2.23. The molecule has 1 amide bonds. The van der Waals surface area contributed by atoms with Gasteiger partial charge in [0.15, 0.2) is 0 Å². The van der Waals surface area contributed by atoms with E-state index in [1.807, 2.05) is 0 Å². The van der Waals surface area contributed by atoms with E-state index >= 15 is 0 Å². The van der Waals surface area contributed by atoms with Crippen molar-refractivity contribution >= 4 is 5.91 Å². The van der Waals surface area contributed by atoms with Crippen LogP contribution in [0.25, 0.3) is 0 Å². The number of carbonyl (C=O) groups excluding carboxylic acids is 1. The van der Waals surface area contributed by atoms with Gasteiger partial charge in [0.1, 0.15) is 0 Å². The van der Waals surface area contributed by atoms with Crippen LogP contribution in [0.1, 0.15) is 73.6 Å². The van der Waals surface area contributed by atoms with Gasteiger partial charge in [-0.2, -0.15) is 0 Å². The summed E-state index contributed by atoms with van der Waals surface area (Å²) in [7, 11) is 0. The zero-order valence-electron chi connectivity index (χ0n) is 13.1. The number of nitrogens with two attached hydrogens (primary N) is 1. The van der Waals surface area contributed by atoms with Gasteiger partial charge in [-0.15, -0.1) is 0 Å². The highest BCUT2D eigenvalue weighted by Crippen LogP contribution is 2.22. The zero-order valence-corrected chi connectivity index (χ0v) is 13.1. The Labute approximate surface area is 113 Å². The molecule has 0 rings (SSSR count). The second kappa shape index (κ2) is 7.13. The van der Waals surface area contributed by atoms with Crippen LogP contribution in [-0.4, -0.2) is 17.5 Å². The molecule has 3 heteroatoms. The van der Waals surface area contributed by atoms with E-state index in [4.69, 9.17) is 5.73 Å². The Morgan fingerprint density at radius 1 is 1.11 bits per heavy atom. The molecule has 18 heavy (non-hydrogen) atoms. The fourth-order valence-corrected chi connectivity index (χ4v) is 2.46. The molecule has 1 unspecified atom stereocenters. The Bertz CT molecular complexity index is 243. The Balaban J connectivity index is 4.33. The van der Waals surface area contributed by atoms with Gasteiger partial charge in [-0.3, -0.25) is 4.79 Å². The minimum absolute atomic E-state index is 0.0431. The van der Waals surface area contributed by atoms with Crippen LogP contribution in [0.15, 0.2) is 0 Å². The van der Waals surface area contributed by atoms with Gasteiger partial charge in [0.25, 0.3) is 0 Å². The molecule has 3 N–H and O–H groups in total. The number of nitrogens with one attached hydrogen (secondary N) is 1. The summed E-state index contributed by atoms with van der Waals surface area (Å²) >= 11 is 0. The summed E-state index contributed by atoms with van der Waals surface area (Å²) in [5.74, 6) is 0.0947. The third-order valence-electron chi connectivity index (χ3n) is 3.76. The Hall–Kier alpha value is -0.570. The molecule has 0 aromatic carbocycles. The summed E-state index contributed by atoms with van der Waals surface area (Å²) < 4.78 is 0. The first-order chi connectivity index (χ1) is 8.18. The number of carbonyl (C=O) groups is 1. The highest BCUT2D eigenvalue weighted by atomic mass is 16.1. The average molecular weight is 256 g/mol. The van der Waals surface area contributed by atoms with Crippen LogP contribution in [0.3, 0.4) is 0 Å². The first-order valence-corrected chi connectivity index (χ1v) is 7.24. The van der Waals surface area contributed by atoms with Gasteiger partial charge in [0, 0.05) is 18.0 Å². The highest BCUT2D eigenvalue weighted by Gasteiger charge is 2.27. The Morgan fingerprint density at radius 2 is 1.56 bits per heavy atom. The highest BCUT2D eigenvalue weighted by molar-refractivity contribution is 5.77. The summed E-state index contributed by atoms with van der Waals surface area (Å²) in [5, 5.41) is 3.18. The van der Waals surface area contributed by atoms with E-state index < -0.39 is 0 Å². The molecule has 0 radical (unpaired) electrons. The standard InChI is InChI=1S/C15H32N2O/c1-7-15(8-2,9-3)17-13(18)10-12(16)11-14(4,5)6/h12H,7-11,16H2,1-6H3,(H,17,18). The lowest BCUT2D eigenvalue weighted by atomic mass is 9.86. The maximum Gasteiger partial charge on any atom is 0.221 e. The number of amides is 1. The number of hydrogen-bond donors (Lipinski definition) is 2. The summed E-state index contributed by atoms with van der Waals surface area (Å²) in [6.45, 7) is 12.8. The van der Waals surface area contributed by atoms with Gasteiger partial charge < -0.3 is 11.1 Å². The Morgan fingerprint density at radius 3 is 1.89 bits per heavy atom. The van der Waals surface area contributed by atoms with E-state index in [2.05, 4.69) is 46.9 Å². The van der Waals surface area contributed by atoms with Crippen molar-refractivity contribution in [1.82, 2.24) is 5.32 Å². The second-order valence-electron chi connectivity index (χ2n) is 6.62. The van der Waals surface area contributed by atoms with Crippen molar-refractivity contribution in [3.8, 4) is 0 Å². The van der Waals surface area contributed by atoms with Gasteiger partial charge >= 0.3 is 0 Å². The zero-order chi connectivity index (χ0) is 14.4. The summed E-state index contributed by atoms with van der Waals surface area (Å²) in [5.41, 5.74) is 6.18. The van der Waals surface area contributed by atoms with E-state index in [0.29, 0.717) is 6.42 Å². The molecule has 0 bridgehead atoms. The molecule has 108 valence electrons.